The number of methoxy groups -OCH3 is 1. The van der Waals surface area contributed by atoms with E-state index in [-0.39, 0.29) is 0 Å². The predicted octanol–water partition coefficient (Wildman–Crippen LogP) is 2.30. The van der Waals surface area contributed by atoms with Crippen molar-refractivity contribution in [1.29, 1.82) is 0 Å². The Hall–Kier alpha value is -1.03. The molecular weight excluding hydrogens is 190 g/mol. The Morgan fingerprint density at radius 3 is 2.80 bits per heavy atom. The molecule has 0 amide bonds. The molecular formula is C11H21N3O. The minimum Gasteiger partial charge on any atom is -0.383 e. The van der Waals surface area contributed by atoms with E-state index in [0.29, 0.717) is 18.7 Å². The zero-order chi connectivity index (χ0) is 11.3. The number of hydrogen-bond acceptors (Lipinski definition) is 3. The van der Waals surface area contributed by atoms with Crippen molar-refractivity contribution in [3.8, 4) is 0 Å². The Kier molecular flexibility index (Phi) is 4.62. The van der Waals surface area contributed by atoms with E-state index in [1.165, 1.54) is 0 Å². The molecule has 1 aromatic rings. The molecule has 1 atom stereocenters. The number of hydrogen-bond donors (Lipinski definition) is 1. The van der Waals surface area contributed by atoms with E-state index >= 15 is 0 Å². The SMILES string of the molecule is CCC(COC)Nc1nccn1C(C)C. The van der Waals surface area contributed by atoms with Gasteiger partial charge in [0, 0.05) is 25.5 Å². The Bertz CT molecular complexity index is 283. The van der Waals surface area contributed by atoms with Crippen molar-refractivity contribution < 1.29 is 4.74 Å². The van der Waals surface area contributed by atoms with Gasteiger partial charge in [-0.15, -0.1) is 0 Å². The number of nitrogens with zero attached hydrogens (tertiary/aromatic N) is 2. The van der Waals surface area contributed by atoms with Gasteiger partial charge in [-0.1, -0.05) is 6.92 Å². The van der Waals surface area contributed by atoms with Crippen molar-refractivity contribution in [2.24, 2.45) is 0 Å². The molecule has 1 aromatic heterocycles. The van der Waals surface area contributed by atoms with Gasteiger partial charge >= 0.3 is 0 Å². The molecule has 4 heteroatoms. The summed E-state index contributed by atoms with van der Waals surface area (Å²) >= 11 is 0. The molecule has 0 aliphatic carbocycles. The fraction of sp³-hybridized carbons (Fsp3) is 0.727. The Morgan fingerprint density at radius 1 is 1.53 bits per heavy atom. The van der Waals surface area contributed by atoms with Crippen LogP contribution in [0.15, 0.2) is 12.4 Å². The molecule has 0 saturated carbocycles. The fourth-order valence-corrected chi connectivity index (χ4v) is 1.49. The number of rotatable bonds is 6. The molecule has 0 aliphatic heterocycles. The molecule has 0 saturated heterocycles. The minimum absolute atomic E-state index is 0.329. The van der Waals surface area contributed by atoms with E-state index in [9.17, 15) is 0 Å². The summed E-state index contributed by atoms with van der Waals surface area (Å²) in [5.41, 5.74) is 0. The third kappa shape index (κ3) is 3.23. The maximum absolute atomic E-state index is 5.14. The lowest BCUT2D eigenvalue weighted by Gasteiger charge is -2.19. The molecule has 0 bridgehead atoms. The summed E-state index contributed by atoms with van der Waals surface area (Å²) in [6.45, 7) is 7.13. The topological polar surface area (TPSA) is 39.1 Å². The first-order valence-electron chi connectivity index (χ1n) is 5.47. The van der Waals surface area contributed by atoms with Crippen LogP contribution < -0.4 is 5.32 Å². The Morgan fingerprint density at radius 2 is 2.27 bits per heavy atom. The number of ether oxygens (including phenoxy) is 1. The highest BCUT2D eigenvalue weighted by Crippen LogP contribution is 2.14. The average Bonchev–Trinajstić information content (AvgIpc) is 2.65. The lowest BCUT2D eigenvalue weighted by molar-refractivity contribution is 0.184. The number of anilines is 1. The molecule has 86 valence electrons. The van der Waals surface area contributed by atoms with Gasteiger partial charge in [0.1, 0.15) is 0 Å². The van der Waals surface area contributed by atoms with Crippen molar-refractivity contribution >= 4 is 5.95 Å². The van der Waals surface area contributed by atoms with E-state index in [4.69, 9.17) is 4.74 Å². The van der Waals surface area contributed by atoms with Crippen molar-refractivity contribution in [3.05, 3.63) is 12.4 Å². The number of nitrogens with one attached hydrogen (secondary N) is 1. The molecule has 0 aliphatic rings. The summed E-state index contributed by atoms with van der Waals surface area (Å²) in [4.78, 5) is 4.30. The Balaban J connectivity index is 2.65. The first kappa shape index (κ1) is 12.0. The zero-order valence-electron chi connectivity index (χ0n) is 10.0. The van der Waals surface area contributed by atoms with Crippen LogP contribution in [-0.4, -0.2) is 29.3 Å². The first-order valence-corrected chi connectivity index (χ1v) is 5.47. The molecule has 1 unspecified atom stereocenters. The number of aromatic nitrogens is 2. The maximum atomic E-state index is 5.14. The van der Waals surface area contributed by atoms with Gasteiger partial charge in [-0.2, -0.15) is 0 Å². The van der Waals surface area contributed by atoms with Gasteiger partial charge in [0.25, 0.3) is 0 Å². The summed E-state index contributed by atoms with van der Waals surface area (Å²) in [6, 6.07) is 0.755. The largest absolute Gasteiger partial charge is 0.383 e. The van der Waals surface area contributed by atoms with E-state index in [0.717, 1.165) is 12.4 Å². The second-order valence-corrected chi connectivity index (χ2v) is 3.96. The molecule has 1 heterocycles. The summed E-state index contributed by atoms with van der Waals surface area (Å²) in [6.07, 6.45) is 4.84. The molecule has 0 fully saturated rings. The van der Waals surface area contributed by atoms with E-state index in [1.807, 2.05) is 12.4 Å². The molecule has 4 nitrogen and oxygen atoms in total. The molecule has 0 spiro atoms. The minimum atomic E-state index is 0.329. The lowest BCUT2D eigenvalue weighted by atomic mass is 10.2. The fourth-order valence-electron chi connectivity index (χ4n) is 1.49. The van der Waals surface area contributed by atoms with Crippen LogP contribution in [0.4, 0.5) is 5.95 Å². The van der Waals surface area contributed by atoms with Crippen molar-refractivity contribution in [2.75, 3.05) is 19.0 Å². The normalized spacial score (nSPS) is 13.1. The van der Waals surface area contributed by atoms with E-state index in [1.54, 1.807) is 7.11 Å². The third-order valence-electron chi connectivity index (χ3n) is 2.42. The van der Waals surface area contributed by atoms with Gasteiger partial charge in [-0.25, -0.2) is 4.98 Å². The molecule has 15 heavy (non-hydrogen) atoms. The van der Waals surface area contributed by atoms with Crippen LogP contribution >= 0.6 is 0 Å². The third-order valence-corrected chi connectivity index (χ3v) is 2.42. The molecule has 1 N–H and O–H groups in total. The summed E-state index contributed by atoms with van der Waals surface area (Å²) < 4.78 is 7.27. The van der Waals surface area contributed by atoms with Crippen LogP contribution in [0.3, 0.4) is 0 Å². The average molecular weight is 211 g/mol. The van der Waals surface area contributed by atoms with Crippen molar-refractivity contribution in [2.45, 2.75) is 39.3 Å². The first-order chi connectivity index (χ1) is 7.19. The monoisotopic (exact) mass is 211 g/mol. The standard InChI is InChI=1S/C11H21N3O/c1-5-10(8-15-4)13-11-12-6-7-14(11)9(2)3/h6-7,9-10H,5,8H2,1-4H3,(H,12,13). The highest BCUT2D eigenvalue weighted by atomic mass is 16.5. The van der Waals surface area contributed by atoms with Crippen LogP contribution in [0.2, 0.25) is 0 Å². The quantitative estimate of drug-likeness (QED) is 0.784. The van der Waals surface area contributed by atoms with Gasteiger partial charge in [0.2, 0.25) is 5.95 Å². The highest BCUT2D eigenvalue weighted by Gasteiger charge is 2.10. The van der Waals surface area contributed by atoms with Gasteiger partial charge < -0.3 is 14.6 Å². The van der Waals surface area contributed by atoms with Gasteiger partial charge in [-0.3, -0.25) is 0 Å². The van der Waals surface area contributed by atoms with Crippen LogP contribution in [0.1, 0.15) is 33.2 Å². The maximum Gasteiger partial charge on any atom is 0.203 e. The zero-order valence-corrected chi connectivity index (χ0v) is 10.0. The van der Waals surface area contributed by atoms with Gasteiger partial charge in [0.05, 0.1) is 12.6 Å². The lowest BCUT2D eigenvalue weighted by Crippen LogP contribution is -2.26. The predicted molar refractivity (Wildman–Crippen MR) is 62.2 cm³/mol. The summed E-state index contributed by atoms with van der Waals surface area (Å²) in [5.74, 6) is 0.925. The van der Waals surface area contributed by atoms with Gasteiger partial charge in [-0.05, 0) is 20.3 Å². The van der Waals surface area contributed by atoms with Crippen LogP contribution in [0.5, 0.6) is 0 Å². The van der Waals surface area contributed by atoms with Crippen molar-refractivity contribution in [3.63, 3.8) is 0 Å². The second kappa shape index (κ2) is 5.75. The molecule has 0 aromatic carbocycles. The summed E-state index contributed by atoms with van der Waals surface area (Å²) in [5, 5.41) is 3.39. The van der Waals surface area contributed by atoms with Gasteiger partial charge in [0.15, 0.2) is 0 Å². The smallest absolute Gasteiger partial charge is 0.203 e. The summed E-state index contributed by atoms with van der Waals surface area (Å²) in [7, 11) is 1.72. The molecule has 0 radical (unpaired) electrons. The number of imidazole rings is 1. The van der Waals surface area contributed by atoms with Crippen LogP contribution in [-0.2, 0) is 4.74 Å². The van der Waals surface area contributed by atoms with Crippen molar-refractivity contribution in [1.82, 2.24) is 9.55 Å². The second-order valence-electron chi connectivity index (χ2n) is 3.96. The van der Waals surface area contributed by atoms with E-state index in [2.05, 4.69) is 35.6 Å². The van der Waals surface area contributed by atoms with E-state index < -0.39 is 0 Å². The highest BCUT2D eigenvalue weighted by molar-refractivity contribution is 5.28. The van der Waals surface area contributed by atoms with Crippen LogP contribution in [0, 0.1) is 0 Å². The van der Waals surface area contributed by atoms with Crippen LogP contribution in [0.25, 0.3) is 0 Å². The Labute approximate surface area is 91.7 Å². The molecule has 1 rings (SSSR count).